The van der Waals surface area contributed by atoms with Gasteiger partial charge in [0, 0.05) is 11.8 Å². The topological polar surface area (TPSA) is 17.3 Å². The highest BCUT2D eigenvalue weighted by atomic mass is 35.5. The van der Waals surface area contributed by atoms with Gasteiger partial charge >= 0.3 is 0 Å². The van der Waals surface area contributed by atoms with Gasteiger partial charge in [-0.05, 0) is 36.4 Å². The van der Waals surface area contributed by atoms with Crippen molar-refractivity contribution in [3.05, 3.63) is 59.6 Å². The fourth-order valence-corrected chi connectivity index (χ4v) is 2.01. The Labute approximate surface area is 102 Å². The summed E-state index contributed by atoms with van der Waals surface area (Å²) in [5.74, 6) is 0.496. The molecular weight excluding hydrogens is 239 g/mol. The summed E-state index contributed by atoms with van der Waals surface area (Å²) >= 11 is 6.06. The molecule has 0 bridgehead atoms. The number of hydrogen-bond donors (Lipinski definition) is 0. The number of hydrogen-bond acceptors (Lipinski definition) is 1. The smallest absolute Gasteiger partial charge is 0.144 e. The van der Waals surface area contributed by atoms with E-state index in [0.717, 1.165) is 16.9 Å². The second kappa shape index (κ2) is 3.86. The van der Waals surface area contributed by atoms with E-state index >= 15 is 0 Å². The standard InChI is InChI=1S/C13H8ClFN2/c14-11-2-1-7-17-12(11)8-16-13(17)9-3-5-10(15)6-4-9/h1-8H. The van der Waals surface area contributed by atoms with Gasteiger partial charge in [0.05, 0.1) is 16.7 Å². The number of benzene rings is 1. The zero-order valence-electron chi connectivity index (χ0n) is 8.77. The van der Waals surface area contributed by atoms with Gasteiger partial charge in [0.15, 0.2) is 0 Å². The molecule has 0 saturated heterocycles. The van der Waals surface area contributed by atoms with Crippen LogP contribution in [0.4, 0.5) is 4.39 Å². The molecule has 0 amide bonds. The summed E-state index contributed by atoms with van der Waals surface area (Å²) in [6.07, 6.45) is 3.59. The molecule has 17 heavy (non-hydrogen) atoms. The van der Waals surface area contributed by atoms with Crippen molar-refractivity contribution in [2.24, 2.45) is 0 Å². The molecule has 84 valence electrons. The minimum Gasteiger partial charge on any atom is -0.298 e. The molecule has 4 heteroatoms. The highest BCUT2D eigenvalue weighted by Crippen LogP contribution is 2.24. The first-order valence-electron chi connectivity index (χ1n) is 5.13. The van der Waals surface area contributed by atoms with Crippen LogP contribution >= 0.6 is 11.6 Å². The number of fused-ring (bicyclic) bond motifs is 1. The zero-order chi connectivity index (χ0) is 11.8. The van der Waals surface area contributed by atoms with Crippen molar-refractivity contribution in [2.75, 3.05) is 0 Å². The Morgan fingerprint density at radius 1 is 1.12 bits per heavy atom. The molecule has 0 atom stereocenters. The van der Waals surface area contributed by atoms with Crippen LogP contribution in [-0.2, 0) is 0 Å². The van der Waals surface area contributed by atoms with Crippen molar-refractivity contribution in [1.82, 2.24) is 9.38 Å². The Hall–Kier alpha value is -1.87. The van der Waals surface area contributed by atoms with Crippen molar-refractivity contribution in [2.45, 2.75) is 0 Å². The summed E-state index contributed by atoms with van der Waals surface area (Å²) in [4.78, 5) is 4.31. The van der Waals surface area contributed by atoms with Crippen molar-refractivity contribution in [3.63, 3.8) is 0 Å². The molecule has 2 heterocycles. The lowest BCUT2D eigenvalue weighted by Crippen LogP contribution is -1.89. The highest BCUT2D eigenvalue weighted by Gasteiger charge is 2.07. The van der Waals surface area contributed by atoms with Gasteiger partial charge in [-0.3, -0.25) is 4.40 Å². The number of nitrogens with zero attached hydrogens (tertiary/aromatic N) is 2. The summed E-state index contributed by atoms with van der Waals surface area (Å²) in [6, 6.07) is 9.90. The predicted octanol–water partition coefficient (Wildman–Crippen LogP) is 3.79. The Kier molecular flexibility index (Phi) is 2.34. The maximum absolute atomic E-state index is 12.9. The molecule has 0 unspecified atom stereocenters. The van der Waals surface area contributed by atoms with E-state index in [1.807, 2.05) is 22.7 Å². The third-order valence-corrected chi connectivity index (χ3v) is 2.94. The van der Waals surface area contributed by atoms with Gasteiger partial charge in [-0.2, -0.15) is 0 Å². The summed E-state index contributed by atoms with van der Waals surface area (Å²) in [5, 5.41) is 0.647. The molecule has 0 fully saturated rings. The Morgan fingerprint density at radius 3 is 2.65 bits per heavy atom. The zero-order valence-corrected chi connectivity index (χ0v) is 9.53. The number of imidazole rings is 1. The average Bonchev–Trinajstić information content (AvgIpc) is 2.75. The average molecular weight is 247 g/mol. The molecule has 0 aliphatic carbocycles. The van der Waals surface area contributed by atoms with Gasteiger partial charge in [-0.15, -0.1) is 0 Å². The first kappa shape index (κ1) is 10.3. The number of halogens is 2. The maximum atomic E-state index is 12.9. The SMILES string of the molecule is Fc1ccc(-c2ncc3c(Cl)cccn23)cc1. The minimum atomic E-state index is -0.257. The van der Waals surface area contributed by atoms with Crippen LogP contribution in [0.3, 0.4) is 0 Å². The van der Waals surface area contributed by atoms with Crippen molar-refractivity contribution in [1.29, 1.82) is 0 Å². The van der Waals surface area contributed by atoms with Gasteiger partial charge < -0.3 is 0 Å². The maximum Gasteiger partial charge on any atom is 0.144 e. The monoisotopic (exact) mass is 246 g/mol. The molecule has 0 radical (unpaired) electrons. The lowest BCUT2D eigenvalue weighted by Gasteiger charge is -2.01. The molecular formula is C13H8ClFN2. The third-order valence-electron chi connectivity index (χ3n) is 2.62. The molecule has 1 aromatic carbocycles. The predicted molar refractivity (Wildman–Crippen MR) is 65.6 cm³/mol. The van der Waals surface area contributed by atoms with E-state index in [2.05, 4.69) is 4.98 Å². The summed E-state index contributed by atoms with van der Waals surface area (Å²) in [7, 11) is 0. The summed E-state index contributed by atoms with van der Waals surface area (Å²) in [5.41, 5.74) is 1.70. The van der Waals surface area contributed by atoms with Crippen LogP contribution in [0.5, 0.6) is 0 Å². The van der Waals surface area contributed by atoms with Crippen molar-refractivity contribution < 1.29 is 4.39 Å². The van der Waals surface area contributed by atoms with Crippen molar-refractivity contribution in [3.8, 4) is 11.4 Å². The quantitative estimate of drug-likeness (QED) is 0.639. The molecule has 0 saturated carbocycles. The fourth-order valence-electron chi connectivity index (χ4n) is 1.80. The van der Waals surface area contributed by atoms with Crippen LogP contribution in [0.2, 0.25) is 5.02 Å². The van der Waals surface area contributed by atoms with E-state index in [-0.39, 0.29) is 5.82 Å². The number of rotatable bonds is 1. The lowest BCUT2D eigenvalue weighted by atomic mass is 10.2. The van der Waals surface area contributed by atoms with Crippen molar-refractivity contribution >= 4 is 17.1 Å². The highest BCUT2D eigenvalue weighted by molar-refractivity contribution is 6.33. The molecule has 3 aromatic rings. The van der Waals surface area contributed by atoms with E-state index in [4.69, 9.17) is 11.6 Å². The molecule has 0 N–H and O–H groups in total. The Balaban J connectivity index is 2.24. The molecule has 0 aliphatic rings. The minimum absolute atomic E-state index is 0.257. The summed E-state index contributed by atoms with van der Waals surface area (Å²) < 4.78 is 14.7. The van der Waals surface area contributed by atoms with Crippen LogP contribution in [0, 0.1) is 5.82 Å². The normalized spacial score (nSPS) is 10.9. The first-order chi connectivity index (χ1) is 8.25. The van der Waals surface area contributed by atoms with Gasteiger partial charge in [-0.25, -0.2) is 9.37 Å². The van der Waals surface area contributed by atoms with E-state index in [9.17, 15) is 4.39 Å². The van der Waals surface area contributed by atoms with E-state index in [1.165, 1.54) is 12.1 Å². The van der Waals surface area contributed by atoms with Gasteiger partial charge in [0.25, 0.3) is 0 Å². The third kappa shape index (κ3) is 1.68. The molecule has 3 rings (SSSR count). The molecule has 2 aromatic heterocycles. The molecule has 2 nitrogen and oxygen atoms in total. The second-order valence-corrected chi connectivity index (χ2v) is 4.11. The Morgan fingerprint density at radius 2 is 1.88 bits per heavy atom. The van der Waals surface area contributed by atoms with Crippen LogP contribution in [0.15, 0.2) is 48.8 Å². The fraction of sp³-hybridized carbons (Fsp3) is 0. The molecule has 0 spiro atoms. The van der Waals surface area contributed by atoms with E-state index < -0.39 is 0 Å². The van der Waals surface area contributed by atoms with E-state index in [1.54, 1.807) is 18.3 Å². The first-order valence-corrected chi connectivity index (χ1v) is 5.51. The van der Waals surface area contributed by atoms with Gasteiger partial charge in [0.2, 0.25) is 0 Å². The lowest BCUT2D eigenvalue weighted by molar-refractivity contribution is 0.628. The van der Waals surface area contributed by atoms with Gasteiger partial charge in [0.1, 0.15) is 11.6 Å². The second-order valence-electron chi connectivity index (χ2n) is 3.70. The van der Waals surface area contributed by atoms with E-state index in [0.29, 0.717) is 5.02 Å². The largest absolute Gasteiger partial charge is 0.298 e. The summed E-state index contributed by atoms with van der Waals surface area (Å²) in [6.45, 7) is 0. The number of aromatic nitrogens is 2. The number of pyridine rings is 1. The Bertz CT molecular complexity index is 673. The van der Waals surface area contributed by atoms with Crippen LogP contribution in [0.25, 0.3) is 16.9 Å². The van der Waals surface area contributed by atoms with Crippen LogP contribution in [-0.4, -0.2) is 9.38 Å². The van der Waals surface area contributed by atoms with Crippen LogP contribution in [0.1, 0.15) is 0 Å². The van der Waals surface area contributed by atoms with Crippen LogP contribution < -0.4 is 0 Å². The van der Waals surface area contributed by atoms with Gasteiger partial charge in [-0.1, -0.05) is 11.6 Å². The molecule has 0 aliphatic heterocycles.